The van der Waals surface area contributed by atoms with Gasteiger partial charge in [-0.2, -0.15) is 0 Å². The highest BCUT2D eigenvalue weighted by molar-refractivity contribution is 6.53. The van der Waals surface area contributed by atoms with Gasteiger partial charge >= 0.3 is 6.92 Å². The Labute approximate surface area is 162 Å². The minimum absolute atomic E-state index is 0.135. The molecule has 0 aliphatic carbocycles. The van der Waals surface area contributed by atoms with E-state index in [0.717, 1.165) is 12.7 Å². The van der Waals surface area contributed by atoms with Crippen LogP contribution < -0.4 is 0 Å². The Kier molecular flexibility index (Phi) is 13.3. The molecule has 1 aromatic carbocycles. The summed E-state index contributed by atoms with van der Waals surface area (Å²) in [4.78, 5) is 11.7. The predicted molar refractivity (Wildman–Crippen MR) is 114 cm³/mol. The van der Waals surface area contributed by atoms with E-state index in [4.69, 9.17) is 4.65 Å². The Morgan fingerprint density at radius 2 is 1.54 bits per heavy atom. The van der Waals surface area contributed by atoms with Crippen molar-refractivity contribution in [1.82, 2.24) is 0 Å². The Morgan fingerprint density at radius 1 is 0.962 bits per heavy atom. The summed E-state index contributed by atoms with van der Waals surface area (Å²) in [5.74, 6) is 0.614. The first kappa shape index (κ1) is 23.0. The maximum Gasteiger partial charge on any atom is 0.300 e. The molecule has 0 aliphatic rings. The Bertz CT molecular complexity index is 461. The number of carbonyl (C=O) groups is 1. The van der Waals surface area contributed by atoms with Gasteiger partial charge in [-0.15, -0.1) is 0 Å². The number of Topliss-reactive ketones (excluding diaryl/α,β-unsaturated/α-hetero) is 1. The first-order valence-electron chi connectivity index (χ1n) is 10.7. The SMILES string of the molecule is CCCCCCCCCCCC(CC(C)=O)B(Cc1ccccc1)OC. The summed E-state index contributed by atoms with van der Waals surface area (Å²) in [6.07, 6.45) is 14.7. The molecule has 0 N–H and O–H groups in total. The molecule has 0 aromatic heterocycles. The van der Waals surface area contributed by atoms with Crippen molar-refractivity contribution < 1.29 is 9.45 Å². The molecule has 0 saturated heterocycles. The summed E-state index contributed by atoms with van der Waals surface area (Å²) in [6, 6.07) is 10.5. The van der Waals surface area contributed by atoms with E-state index >= 15 is 0 Å². The van der Waals surface area contributed by atoms with Gasteiger partial charge in [0.25, 0.3) is 0 Å². The lowest BCUT2D eigenvalue weighted by Gasteiger charge is -2.22. The third kappa shape index (κ3) is 10.8. The number of hydrogen-bond acceptors (Lipinski definition) is 2. The second-order valence-electron chi connectivity index (χ2n) is 7.75. The molecular weight excluding hydrogens is 319 g/mol. The highest BCUT2D eigenvalue weighted by atomic mass is 16.4. The van der Waals surface area contributed by atoms with Crippen molar-refractivity contribution in [3.8, 4) is 0 Å². The molecule has 1 rings (SSSR count). The number of rotatable bonds is 16. The highest BCUT2D eigenvalue weighted by Gasteiger charge is 2.27. The Hall–Kier alpha value is -1.09. The molecule has 3 heteroatoms. The zero-order valence-corrected chi connectivity index (χ0v) is 17.3. The third-order valence-electron chi connectivity index (χ3n) is 5.34. The monoisotopic (exact) mass is 358 g/mol. The fourth-order valence-corrected chi connectivity index (χ4v) is 3.79. The van der Waals surface area contributed by atoms with Gasteiger partial charge in [0.05, 0.1) is 0 Å². The first-order valence-corrected chi connectivity index (χ1v) is 10.7. The molecule has 26 heavy (non-hydrogen) atoms. The number of unbranched alkanes of at least 4 members (excludes halogenated alkanes) is 8. The summed E-state index contributed by atoms with van der Waals surface area (Å²) in [7, 11) is 1.79. The van der Waals surface area contributed by atoms with E-state index < -0.39 is 0 Å². The van der Waals surface area contributed by atoms with E-state index in [1.807, 2.05) is 6.07 Å². The van der Waals surface area contributed by atoms with Gasteiger partial charge in [-0.05, 0) is 19.1 Å². The van der Waals surface area contributed by atoms with Crippen LogP contribution in [0.4, 0.5) is 0 Å². The molecule has 0 bridgehead atoms. The van der Waals surface area contributed by atoms with Crippen molar-refractivity contribution in [2.75, 3.05) is 7.11 Å². The predicted octanol–water partition coefficient (Wildman–Crippen LogP) is 6.68. The van der Waals surface area contributed by atoms with Gasteiger partial charge < -0.3 is 9.45 Å². The zero-order chi connectivity index (χ0) is 19.0. The molecule has 1 aromatic rings. The molecular formula is C23H39BO2. The van der Waals surface area contributed by atoms with E-state index in [1.165, 1.54) is 63.4 Å². The molecule has 0 aliphatic heterocycles. The second-order valence-corrected chi connectivity index (χ2v) is 7.75. The molecule has 0 spiro atoms. The molecule has 0 amide bonds. The van der Waals surface area contributed by atoms with Gasteiger partial charge in [0.15, 0.2) is 0 Å². The quantitative estimate of drug-likeness (QED) is 0.243. The maximum absolute atomic E-state index is 11.7. The first-order chi connectivity index (χ1) is 12.7. The summed E-state index contributed by atoms with van der Waals surface area (Å²) in [5, 5.41) is 0. The van der Waals surface area contributed by atoms with Crippen molar-refractivity contribution in [1.29, 1.82) is 0 Å². The molecule has 0 radical (unpaired) electrons. The van der Waals surface area contributed by atoms with Crippen LogP contribution in [-0.4, -0.2) is 19.8 Å². The van der Waals surface area contributed by atoms with Crippen LogP contribution in [0, 0.1) is 0 Å². The lowest BCUT2D eigenvalue weighted by molar-refractivity contribution is -0.117. The Morgan fingerprint density at radius 3 is 2.08 bits per heavy atom. The molecule has 1 unspecified atom stereocenters. The van der Waals surface area contributed by atoms with Crippen molar-refractivity contribution in [3.63, 3.8) is 0 Å². The van der Waals surface area contributed by atoms with Crippen LogP contribution in [0.15, 0.2) is 30.3 Å². The molecule has 0 heterocycles. The largest absolute Gasteiger partial charge is 0.438 e. The van der Waals surface area contributed by atoms with Crippen LogP contribution in [-0.2, 0) is 15.8 Å². The smallest absolute Gasteiger partial charge is 0.300 e. The van der Waals surface area contributed by atoms with Crippen molar-refractivity contribution in [2.45, 2.75) is 96.6 Å². The molecule has 1 atom stereocenters. The van der Waals surface area contributed by atoms with Crippen LogP contribution in [0.25, 0.3) is 0 Å². The van der Waals surface area contributed by atoms with E-state index in [0.29, 0.717) is 12.2 Å². The van der Waals surface area contributed by atoms with E-state index in [2.05, 4.69) is 31.2 Å². The number of carbonyl (C=O) groups excluding carboxylic acids is 1. The van der Waals surface area contributed by atoms with Crippen LogP contribution in [0.2, 0.25) is 5.82 Å². The number of ketones is 1. The fourth-order valence-electron chi connectivity index (χ4n) is 3.79. The minimum Gasteiger partial charge on any atom is -0.438 e. The lowest BCUT2D eigenvalue weighted by Crippen LogP contribution is -2.28. The van der Waals surface area contributed by atoms with Crippen molar-refractivity contribution in [3.05, 3.63) is 35.9 Å². The molecule has 0 saturated carbocycles. The summed E-state index contributed by atoms with van der Waals surface area (Å²) in [6.45, 7) is 4.11. The molecule has 2 nitrogen and oxygen atoms in total. The van der Waals surface area contributed by atoms with E-state index in [1.54, 1.807) is 14.0 Å². The third-order valence-corrected chi connectivity index (χ3v) is 5.34. The van der Waals surface area contributed by atoms with Crippen LogP contribution in [0.3, 0.4) is 0 Å². The second kappa shape index (κ2) is 15.0. The van der Waals surface area contributed by atoms with Crippen LogP contribution in [0.1, 0.15) is 90.0 Å². The van der Waals surface area contributed by atoms with Gasteiger partial charge in [-0.3, -0.25) is 0 Å². The van der Waals surface area contributed by atoms with Gasteiger partial charge in [-0.1, -0.05) is 107 Å². The maximum atomic E-state index is 11.7. The zero-order valence-electron chi connectivity index (χ0n) is 17.3. The fraction of sp³-hybridized carbons (Fsp3) is 0.696. The van der Waals surface area contributed by atoms with Crippen molar-refractivity contribution >= 4 is 12.7 Å². The van der Waals surface area contributed by atoms with E-state index in [-0.39, 0.29) is 12.7 Å². The van der Waals surface area contributed by atoms with Crippen LogP contribution in [0.5, 0.6) is 0 Å². The topological polar surface area (TPSA) is 26.3 Å². The highest BCUT2D eigenvalue weighted by Crippen LogP contribution is 2.27. The molecule has 0 fully saturated rings. The average molecular weight is 358 g/mol. The van der Waals surface area contributed by atoms with Crippen molar-refractivity contribution in [2.24, 2.45) is 0 Å². The van der Waals surface area contributed by atoms with Gasteiger partial charge in [0.1, 0.15) is 5.78 Å². The standard InChI is InChI=1S/C23H39BO2/c1-4-5-6-7-8-9-10-11-15-18-23(19-21(2)25)24(26-3)20-22-16-13-12-14-17-22/h12-14,16-17,23H,4-11,15,18-20H2,1-3H3. The lowest BCUT2D eigenvalue weighted by atomic mass is 9.49. The summed E-state index contributed by atoms with van der Waals surface area (Å²) < 4.78 is 5.80. The van der Waals surface area contributed by atoms with Crippen LogP contribution >= 0.6 is 0 Å². The number of hydrogen-bond donors (Lipinski definition) is 0. The normalized spacial score (nSPS) is 12.1. The minimum atomic E-state index is 0.135. The Balaban J connectivity index is 2.34. The van der Waals surface area contributed by atoms with Gasteiger partial charge in [0, 0.05) is 13.5 Å². The number of benzene rings is 1. The summed E-state index contributed by atoms with van der Waals surface area (Å²) >= 11 is 0. The average Bonchev–Trinajstić information content (AvgIpc) is 2.64. The van der Waals surface area contributed by atoms with Gasteiger partial charge in [-0.25, -0.2) is 0 Å². The molecule has 146 valence electrons. The summed E-state index contributed by atoms with van der Waals surface area (Å²) in [5.41, 5.74) is 1.29. The van der Waals surface area contributed by atoms with Gasteiger partial charge in [0.2, 0.25) is 0 Å². The van der Waals surface area contributed by atoms with E-state index in [9.17, 15) is 4.79 Å².